The monoisotopic (exact) mass is 331 g/mol. The van der Waals surface area contributed by atoms with Gasteiger partial charge in [0.25, 0.3) is 0 Å². The summed E-state index contributed by atoms with van der Waals surface area (Å²) in [6, 6.07) is 7.55. The maximum Gasteiger partial charge on any atom is 0.228 e. The summed E-state index contributed by atoms with van der Waals surface area (Å²) in [5.41, 5.74) is 5.89. The van der Waals surface area contributed by atoms with E-state index in [0.717, 1.165) is 10.6 Å². The molecule has 0 fully saturated rings. The van der Waals surface area contributed by atoms with Crippen LogP contribution in [0, 0.1) is 5.92 Å². The van der Waals surface area contributed by atoms with Crippen molar-refractivity contribution in [3.63, 3.8) is 0 Å². The molecule has 118 valence electrons. The van der Waals surface area contributed by atoms with Gasteiger partial charge in [-0.1, -0.05) is 19.1 Å². The largest absolute Gasteiger partial charge is 0.370 e. The van der Waals surface area contributed by atoms with Crippen LogP contribution in [0.2, 0.25) is 0 Å². The summed E-state index contributed by atoms with van der Waals surface area (Å²) in [7, 11) is 1.82. The van der Waals surface area contributed by atoms with Crippen LogP contribution in [0.15, 0.2) is 29.2 Å². The van der Waals surface area contributed by atoms with Crippen LogP contribution in [0.25, 0.3) is 0 Å². The summed E-state index contributed by atoms with van der Waals surface area (Å²) in [5.74, 6) is 0.154. The highest BCUT2D eigenvalue weighted by Gasteiger charge is 2.13. The minimum Gasteiger partial charge on any atom is -0.370 e. The van der Waals surface area contributed by atoms with Gasteiger partial charge in [-0.2, -0.15) is 0 Å². The molecule has 0 saturated heterocycles. The van der Waals surface area contributed by atoms with Crippen LogP contribution in [-0.2, 0) is 9.59 Å². The minimum absolute atomic E-state index is 0. The normalized spacial score (nSPS) is 11.3. The van der Waals surface area contributed by atoms with Gasteiger partial charge in [0.15, 0.2) is 0 Å². The molecule has 0 aromatic heterocycles. The van der Waals surface area contributed by atoms with Crippen molar-refractivity contribution in [3.8, 4) is 0 Å². The highest BCUT2D eigenvalue weighted by molar-refractivity contribution is 7.99. The van der Waals surface area contributed by atoms with Gasteiger partial charge in [-0.15, -0.1) is 24.2 Å². The molecule has 0 aliphatic heterocycles. The van der Waals surface area contributed by atoms with Crippen LogP contribution in [0.5, 0.6) is 0 Å². The van der Waals surface area contributed by atoms with E-state index >= 15 is 0 Å². The maximum atomic E-state index is 12.0. The lowest BCUT2D eigenvalue weighted by Gasteiger charge is -2.14. The van der Waals surface area contributed by atoms with Crippen molar-refractivity contribution in [1.29, 1.82) is 0 Å². The van der Waals surface area contributed by atoms with Crippen molar-refractivity contribution in [2.75, 3.05) is 24.7 Å². The van der Waals surface area contributed by atoms with E-state index < -0.39 is 0 Å². The zero-order chi connectivity index (χ0) is 15.0. The Bertz CT molecular complexity index is 471. The number of hydrogen-bond donors (Lipinski definition) is 3. The van der Waals surface area contributed by atoms with Gasteiger partial charge in [0.1, 0.15) is 0 Å². The molecule has 1 aromatic rings. The van der Waals surface area contributed by atoms with E-state index in [1.54, 1.807) is 0 Å². The molecule has 1 aromatic carbocycles. The zero-order valence-electron chi connectivity index (χ0n) is 12.2. The molecule has 2 amide bonds. The number of thioether (sulfide) groups is 1. The Morgan fingerprint density at radius 1 is 1.33 bits per heavy atom. The Morgan fingerprint density at radius 2 is 2.00 bits per heavy atom. The van der Waals surface area contributed by atoms with Gasteiger partial charge in [0.2, 0.25) is 11.8 Å². The van der Waals surface area contributed by atoms with Crippen molar-refractivity contribution < 1.29 is 9.59 Å². The van der Waals surface area contributed by atoms with Crippen LogP contribution in [-0.4, -0.2) is 31.2 Å². The van der Waals surface area contributed by atoms with Gasteiger partial charge in [-0.05, 0) is 19.2 Å². The van der Waals surface area contributed by atoms with E-state index in [2.05, 4.69) is 10.6 Å². The first-order chi connectivity index (χ1) is 9.54. The topological polar surface area (TPSA) is 84.2 Å². The number of benzene rings is 1. The molecule has 0 aliphatic carbocycles. The number of nitrogens with one attached hydrogen (secondary N) is 2. The second-order valence-corrected chi connectivity index (χ2v) is 5.65. The lowest BCUT2D eigenvalue weighted by atomic mass is 10.1. The average molecular weight is 332 g/mol. The first-order valence-corrected chi connectivity index (χ1v) is 7.48. The average Bonchev–Trinajstić information content (AvgIpc) is 2.40. The lowest BCUT2D eigenvalue weighted by Crippen LogP contribution is -2.28. The number of carbonyl (C=O) groups excluding carboxylic acids is 2. The molecular formula is C14H22ClN3O2S. The van der Waals surface area contributed by atoms with Gasteiger partial charge in [-0.25, -0.2) is 0 Å². The van der Waals surface area contributed by atoms with E-state index in [9.17, 15) is 9.59 Å². The fourth-order valence-electron chi connectivity index (χ4n) is 1.61. The highest BCUT2D eigenvalue weighted by atomic mass is 35.5. The highest BCUT2D eigenvalue weighted by Crippen LogP contribution is 2.27. The van der Waals surface area contributed by atoms with E-state index in [0.29, 0.717) is 18.7 Å². The van der Waals surface area contributed by atoms with Gasteiger partial charge in [-0.3, -0.25) is 9.59 Å². The van der Waals surface area contributed by atoms with E-state index in [1.165, 1.54) is 11.8 Å². The molecule has 0 bridgehead atoms. The molecule has 21 heavy (non-hydrogen) atoms. The predicted molar refractivity (Wildman–Crippen MR) is 89.9 cm³/mol. The summed E-state index contributed by atoms with van der Waals surface area (Å²) in [6.45, 7) is 2.50. The van der Waals surface area contributed by atoms with Crippen molar-refractivity contribution in [2.24, 2.45) is 11.7 Å². The minimum atomic E-state index is -0.318. The van der Waals surface area contributed by atoms with Gasteiger partial charge in [0, 0.05) is 29.5 Å². The van der Waals surface area contributed by atoms with Crippen LogP contribution < -0.4 is 16.4 Å². The Balaban J connectivity index is 0.00000400. The summed E-state index contributed by atoms with van der Waals surface area (Å²) in [6.07, 6.45) is 0.323. The number of halogens is 1. The first-order valence-electron chi connectivity index (χ1n) is 6.50. The first kappa shape index (κ1) is 19.8. The second-order valence-electron chi connectivity index (χ2n) is 4.51. The molecule has 0 heterocycles. The Morgan fingerprint density at radius 3 is 2.62 bits per heavy atom. The molecule has 1 unspecified atom stereocenters. The molecular weight excluding hydrogens is 310 g/mol. The zero-order valence-corrected chi connectivity index (χ0v) is 13.9. The quantitative estimate of drug-likeness (QED) is 0.635. The van der Waals surface area contributed by atoms with Gasteiger partial charge in [0.05, 0.1) is 5.69 Å². The number of para-hydroxylation sites is 1. The predicted octanol–water partition coefficient (Wildman–Crippen LogP) is 1.87. The summed E-state index contributed by atoms with van der Waals surface area (Å²) >= 11 is 1.51. The fourth-order valence-corrected chi connectivity index (χ4v) is 2.58. The molecule has 4 N–H and O–H groups in total. The number of nitrogens with two attached hydrogens (primary N) is 1. The number of rotatable bonds is 8. The van der Waals surface area contributed by atoms with Gasteiger partial charge < -0.3 is 16.4 Å². The standard InChI is InChI=1S/C14H21N3O2S.ClH/c1-10(9-16-2)14(19)17-11-5-3-4-6-12(11)20-8-7-13(15)18;/h3-6,10,16H,7-9H2,1-2H3,(H2,15,18)(H,17,19);1H. The number of amides is 2. The third-order valence-corrected chi connectivity index (χ3v) is 3.78. The number of hydrogen-bond acceptors (Lipinski definition) is 4. The summed E-state index contributed by atoms with van der Waals surface area (Å²) < 4.78 is 0. The summed E-state index contributed by atoms with van der Waals surface area (Å²) in [5, 5.41) is 5.90. The lowest BCUT2D eigenvalue weighted by molar-refractivity contribution is -0.119. The number of anilines is 1. The summed E-state index contributed by atoms with van der Waals surface area (Å²) in [4.78, 5) is 23.7. The third-order valence-electron chi connectivity index (χ3n) is 2.71. The van der Waals surface area contributed by atoms with Crippen LogP contribution in [0.3, 0.4) is 0 Å². The molecule has 0 saturated carbocycles. The fraction of sp³-hybridized carbons (Fsp3) is 0.429. The van der Waals surface area contributed by atoms with Gasteiger partial charge >= 0.3 is 0 Å². The van der Waals surface area contributed by atoms with Crippen molar-refractivity contribution >= 4 is 41.7 Å². The van der Waals surface area contributed by atoms with Crippen LogP contribution in [0.4, 0.5) is 5.69 Å². The number of carbonyl (C=O) groups is 2. The molecule has 5 nitrogen and oxygen atoms in total. The second kappa shape index (κ2) is 10.5. The third kappa shape index (κ3) is 7.36. The SMILES string of the molecule is CNCC(C)C(=O)Nc1ccccc1SCCC(N)=O.Cl. The smallest absolute Gasteiger partial charge is 0.228 e. The Hall–Kier alpha value is -1.24. The molecule has 0 aliphatic rings. The number of primary amides is 1. The van der Waals surface area contributed by atoms with E-state index in [1.807, 2.05) is 38.2 Å². The van der Waals surface area contributed by atoms with Crippen LogP contribution >= 0.6 is 24.2 Å². The Labute approximate surface area is 135 Å². The van der Waals surface area contributed by atoms with Crippen molar-refractivity contribution in [2.45, 2.75) is 18.2 Å². The van der Waals surface area contributed by atoms with E-state index in [-0.39, 0.29) is 30.1 Å². The molecule has 0 spiro atoms. The van der Waals surface area contributed by atoms with Crippen LogP contribution in [0.1, 0.15) is 13.3 Å². The molecule has 1 rings (SSSR count). The Kier molecular flexibility index (Phi) is 9.86. The van der Waals surface area contributed by atoms with Crippen molar-refractivity contribution in [3.05, 3.63) is 24.3 Å². The maximum absolute atomic E-state index is 12.0. The molecule has 7 heteroatoms. The molecule has 1 atom stereocenters. The molecule has 0 radical (unpaired) electrons. The van der Waals surface area contributed by atoms with Crippen molar-refractivity contribution in [1.82, 2.24) is 5.32 Å². The van der Waals surface area contributed by atoms with E-state index in [4.69, 9.17) is 5.73 Å².